The lowest BCUT2D eigenvalue weighted by molar-refractivity contribution is -0.429. The van der Waals surface area contributed by atoms with E-state index in [-0.39, 0.29) is 0 Å². The summed E-state index contributed by atoms with van der Waals surface area (Å²) in [5.41, 5.74) is -1.57. The molecule has 2 N–H and O–H groups in total. The molecule has 0 amide bonds. The predicted molar refractivity (Wildman–Crippen MR) is 35.0 cm³/mol. The molecule has 0 radical (unpaired) electrons. The lowest BCUT2D eigenvalue weighted by atomic mass is 10.3. The summed E-state index contributed by atoms with van der Waals surface area (Å²) in [5.74, 6) is -1.42. The molecule has 0 aromatic carbocycles. The Morgan fingerprint density at radius 2 is 2.00 bits per heavy atom. The van der Waals surface area contributed by atoms with Gasteiger partial charge in [0.15, 0.2) is 0 Å². The topological polar surface area (TPSA) is 51.4 Å². The molecule has 1 aromatic rings. The number of carboxylic acids is 1. The number of carbonyl (C=O) groups is 1. The maximum absolute atomic E-state index is 12.0. The number of nitrogens with one attached hydrogen (secondary N) is 1. The minimum atomic E-state index is -4.55. The molecule has 13 heavy (non-hydrogen) atoms. The predicted octanol–water partition coefficient (Wildman–Crippen LogP) is 1.22. The van der Waals surface area contributed by atoms with Crippen LogP contribution in [0.5, 0.6) is 0 Å². The lowest BCUT2D eigenvalue weighted by Gasteiger charge is -1.99. The lowest BCUT2D eigenvalue weighted by Crippen LogP contribution is -2.26. The summed E-state index contributed by atoms with van der Waals surface area (Å²) in [6.45, 7) is 0. The van der Waals surface area contributed by atoms with Gasteiger partial charge in [-0.25, -0.2) is 4.79 Å². The van der Waals surface area contributed by atoms with Crippen LogP contribution in [0.3, 0.4) is 0 Å². The molecule has 0 aliphatic rings. The van der Waals surface area contributed by atoms with Crippen molar-refractivity contribution in [2.45, 2.75) is 6.18 Å². The molecule has 3 nitrogen and oxygen atoms in total. The fourth-order valence-electron chi connectivity index (χ4n) is 0.759. The highest BCUT2D eigenvalue weighted by atomic mass is 19.4. The molecule has 1 heterocycles. The zero-order valence-electron chi connectivity index (χ0n) is 6.22. The standard InChI is InChI=1S/C7H4F3NO2/c8-7(9,10)5-3-1-2-4(11-5)6(12)13/h1-3H,(H,12,13)/p+1. The molecule has 70 valence electrons. The Balaban J connectivity index is 3.13. The van der Waals surface area contributed by atoms with E-state index in [2.05, 4.69) is 0 Å². The van der Waals surface area contributed by atoms with Crippen molar-refractivity contribution in [3.63, 3.8) is 0 Å². The second-order valence-corrected chi connectivity index (χ2v) is 2.28. The van der Waals surface area contributed by atoms with Crippen LogP contribution in [0, 0.1) is 0 Å². The number of hydrogen-bond donors (Lipinski definition) is 1. The number of aromatic carboxylic acids is 1. The second-order valence-electron chi connectivity index (χ2n) is 2.28. The highest BCUT2D eigenvalue weighted by molar-refractivity contribution is 5.83. The number of alkyl halides is 3. The molecule has 0 spiro atoms. The van der Waals surface area contributed by atoms with E-state index >= 15 is 0 Å². The number of H-pyrrole nitrogens is 1. The van der Waals surface area contributed by atoms with Gasteiger partial charge >= 0.3 is 12.1 Å². The van der Waals surface area contributed by atoms with Crippen LogP contribution >= 0.6 is 0 Å². The molecule has 0 bridgehead atoms. The molecular weight excluding hydrogens is 187 g/mol. The molecule has 0 fully saturated rings. The van der Waals surface area contributed by atoms with Gasteiger partial charge in [0.05, 0.1) is 0 Å². The average molecular weight is 192 g/mol. The van der Waals surface area contributed by atoms with E-state index in [1.807, 2.05) is 0 Å². The minimum absolute atomic E-state index is 0.491. The Labute approximate surface area is 70.8 Å². The van der Waals surface area contributed by atoms with Crippen LogP contribution in [-0.2, 0) is 6.18 Å². The van der Waals surface area contributed by atoms with E-state index in [1.54, 1.807) is 4.98 Å². The molecule has 0 atom stereocenters. The molecule has 0 saturated carbocycles. The number of pyridine rings is 1. The number of hydrogen-bond acceptors (Lipinski definition) is 1. The van der Waals surface area contributed by atoms with Crippen molar-refractivity contribution in [3.05, 3.63) is 29.6 Å². The van der Waals surface area contributed by atoms with Crippen LogP contribution in [0.2, 0.25) is 0 Å². The van der Waals surface area contributed by atoms with Gasteiger partial charge in [0.25, 0.3) is 11.4 Å². The fourth-order valence-corrected chi connectivity index (χ4v) is 0.759. The summed E-state index contributed by atoms with van der Waals surface area (Å²) < 4.78 is 36.0. The van der Waals surface area contributed by atoms with Crippen molar-refractivity contribution in [2.24, 2.45) is 0 Å². The van der Waals surface area contributed by atoms with E-state index < -0.39 is 23.5 Å². The quantitative estimate of drug-likeness (QED) is 0.727. The Kier molecular flexibility index (Phi) is 2.22. The summed E-state index contributed by atoms with van der Waals surface area (Å²) in [4.78, 5) is 12.0. The molecular formula is C7H5F3NO2+. The van der Waals surface area contributed by atoms with Gasteiger partial charge in [-0.3, -0.25) is 0 Å². The summed E-state index contributed by atoms with van der Waals surface area (Å²) in [5, 5.41) is 8.38. The molecule has 1 aromatic heterocycles. The van der Waals surface area contributed by atoms with Crippen molar-refractivity contribution in [3.8, 4) is 0 Å². The average Bonchev–Trinajstić information content (AvgIpc) is 2.03. The maximum Gasteiger partial charge on any atom is 0.477 e. The van der Waals surface area contributed by atoms with Crippen LogP contribution in [0.25, 0.3) is 0 Å². The third-order valence-electron chi connectivity index (χ3n) is 1.33. The first kappa shape index (κ1) is 9.50. The van der Waals surface area contributed by atoms with E-state index in [0.717, 1.165) is 18.2 Å². The minimum Gasteiger partial charge on any atom is -0.473 e. The SMILES string of the molecule is O=C(O)c1cccc(C(F)(F)F)[nH+]1. The number of halogens is 3. The molecule has 1 rings (SSSR count). The third-order valence-corrected chi connectivity index (χ3v) is 1.33. The number of rotatable bonds is 1. The van der Waals surface area contributed by atoms with E-state index in [9.17, 15) is 18.0 Å². The monoisotopic (exact) mass is 192 g/mol. The Hall–Kier alpha value is -1.59. The van der Waals surface area contributed by atoms with E-state index in [1.165, 1.54) is 0 Å². The highest BCUT2D eigenvalue weighted by Gasteiger charge is 2.38. The number of carboxylic acid groups (broad SMARTS) is 1. The highest BCUT2D eigenvalue weighted by Crippen LogP contribution is 2.25. The summed E-state index contributed by atoms with van der Waals surface area (Å²) in [6.07, 6.45) is -4.55. The number of aromatic nitrogens is 1. The molecule has 0 aliphatic heterocycles. The summed E-state index contributed by atoms with van der Waals surface area (Å²) in [6, 6.07) is 2.85. The zero-order valence-corrected chi connectivity index (χ0v) is 6.22. The van der Waals surface area contributed by atoms with E-state index in [0.29, 0.717) is 0 Å². The van der Waals surface area contributed by atoms with E-state index in [4.69, 9.17) is 5.11 Å². The first-order valence-electron chi connectivity index (χ1n) is 3.24. The van der Waals surface area contributed by atoms with Gasteiger partial charge in [0, 0.05) is 12.1 Å². The second kappa shape index (κ2) is 3.04. The van der Waals surface area contributed by atoms with Gasteiger partial charge in [-0.1, -0.05) is 0 Å². The molecule has 0 unspecified atom stereocenters. The van der Waals surface area contributed by atoms with Gasteiger partial charge in [0.2, 0.25) is 0 Å². The molecule has 6 heteroatoms. The maximum atomic E-state index is 12.0. The normalized spacial score (nSPS) is 11.3. The first-order valence-corrected chi connectivity index (χ1v) is 3.24. The summed E-state index contributed by atoms with van der Waals surface area (Å²) >= 11 is 0. The van der Waals surface area contributed by atoms with Crippen LogP contribution in [0.1, 0.15) is 16.2 Å². The Bertz CT molecular complexity index is 335. The largest absolute Gasteiger partial charge is 0.477 e. The third kappa shape index (κ3) is 2.17. The molecule has 0 aliphatic carbocycles. The van der Waals surface area contributed by atoms with Gasteiger partial charge in [0.1, 0.15) is 0 Å². The van der Waals surface area contributed by atoms with Gasteiger partial charge in [-0.2, -0.15) is 18.2 Å². The van der Waals surface area contributed by atoms with Gasteiger partial charge in [-0.05, 0) is 6.07 Å². The van der Waals surface area contributed by atoms with Gasteiger partial charge in [-0.15, -0.1) is 0 Å². The van der Waals surface area contributed by atoms with Gasteiger partial charge < -0.3 is 5.11 Å². The Morgan fingerprint density at radius 1 is 1.38 bits per heavy atom. The molecule has 0 saturated heterocycles. The van der Waals surface area contributed by atoms with Crippen molar-refractivity contribution in [2.75, 3.05) is 0 Å². The smallest absolute Gasteiger partial charge is 0.473 e. The van der Waals surface area contributed by atoms with Crippen molar-refractivity contribution in [1.29, 1.82) is 0 Å². The first-order chi connectivity index (χ1) is 5.91. The fraction of sp³-hybridized carbons (Fsp3) is 0.143. The Morgan fingerprint density at radius 3 is 2.46 bits per heavy atom. The number of aromatic amines is 1. The van der Waals surface area contributed by atoms with Crippen LogP contribution in [-0.4, -0.2) is 11.1 Å². The van der Waals surface area contributed by atoms with Crippen molar-refractivity contribution < 1.29 is 28.1 Å². The van der Waals surface area contributed by atoms with Crippen molar-refractivity contribution in [1.82, 2.24) is 0 Å². The van der Waals surface area contributed by atoms with Crippen LogP contribution in [0.4, 0.5) is 13.2 Å². The zero-order chi connectivity index (χ0) is 10.1. The summed E-state index contributed by atoms with van der Waals surface area (Å²) in [7, 11) is 0. The van der Waals surface area contributed by atoms with Crippen LogP contribution in [0.15, 0.2) is 18.2 Å². The van der Waals surface area contributed by atoms with Crippen molar-refractivity contribution >= 4 is 5.97 Å². The van der Waals surface area contributed by atoms with Crippen LogP contribution < -0.4 is 4.98 Å².